The van der Waals surface area contributed by atoms with Gasteiger partial charge in [-0.2, -0.15) is 0 Å². The van der Waals surface area contributed by atoms with E-state index in [0.717, 1.165) is 32.5 Å². The maximum atomic E-state index is 11.5. The Kier molecular flexibility index (Phi) is 4.35. The number of rotatable bonds is 3. The van der Waals surface area contributed by atoms with Crippen molar-refractivity contribution in [1.82, 2.24) is 4.90 Å². The largest absolute Gasteiger partial charge is 0.384 e. The fraction of sp³-hybridized carbons (Fsp3) is 0.900. The number of hydrogen-bond acceptors (Lipinski definition) is 3. The summed E-state index contributed by atoms with van der Waals surface area (Å²) < 4.78 is 5.10. The van der Waals surface area contributed by atoms with Gasteiger partial charge in [0.2, 0.25) is 5.91 Å². The first-order chi connectivity index (χ1) is 6.65. The van der Waals surface area contributed by atoms with Gasteiger partial charge < -0.3 is 15.4 Å². The average Bonchev–Trinajstić information content (AvgIpc) is 2.18. The lowest BCUT2D eigenvalue weighted by Crippen LogP contribution is -2.46. The summed E-state index contributed by atoms with van der Waals surface area (Å²) in [5.41, 5.74) is 5.54. The van der Waals surface area contributed by atoms with Crippen LogP contribution in [0.5, 0.6) is 0 Å². The summed E-state index contributed by atoms with van der Waals surface area (Å²) in [7, 11) is 1.72. The van der Waals surface area contributed by atoms with Crippen molar-refractivity contribution in [3.63, 3.8) is 0 Å². The van der Waals surface area contributed by atoms with E-state index in [-0.39, 0.29) is 11.9 Å². The zero-order chi connectivity index (χ0) is 10.6. The van der Waals surface area contributed by atoms with E-state index in [2.05, 4.69) is 0 Å². The van der Waals surface area contributed by atoms with Crippen LogP contribution in [0.2, 0.25) is 0 Å². The van der Waals surface area contributed by atoms with Gasteiger partial charge in [0.1, 0.15) is 0 Å². The van der Waals surface area contributed by atoms with E-state index < -0.39 is 0 Å². The van der Waals surface area contributed by atoms with E-state index in [0.29, 0.717) is 5.92 Å². The minimum atomic E-state index is -0.367. The number of carbonyl (C=O) groups excluding carboxylic acids is 1. The second kappa shape index (κ2) is 5.32. The highest BCUT2D eigenvalue weighted by Crippen LogP contribution is 2.17. The van der Waals surface area contributed by atoms with Crippen LogP contribution in [0.15, 0.2) is 0 Å². The third-order valence-electron chi connectivity index (χ3n) is 2.72. The van der Waals surface area contributed by atoms with Crippen LogP contribution in [0.25, 0.3) is 0 Å². The fourth-order valence-corrected chi connectivity index (χ4v) is 1.84. The van der Waals surface area contributed by atoms with Gasteiger partial charge in [0.25, 0.3) is 0 Å². The molecule has 1 aliphatic rings. The zero-order valence-corrected chi connectivity index (χ0v) is 9.03. The summed E-state index contributed by atoms with van der Waals surface area (Å²) in [5.74, 6) is 0.679. The molecule has 0 spiro atoms. The predicted molar refractivity (Wildman–Crippen MR) is 54.8 cm³/mol. The first-order valence-corrected chi connectivity index (χ1v) is 5.18. The Morgan fingerprint density at radius 1 is 1.57 bits per heavy atom. The average molecular weight is 200 g/mol. The van der Waals surface area contributed by atoms with Crippen LogP contribution in [0.3, 0.4) is 0 Å². The first-order valence-electron chi connectivity index (χ1n) is 5.18. The number of nitrogens with two attached hydrogens (primary N) is 1. The molecule has 1 atom stereocenters. The topological polar surface area (TPSA) is 55.6 Å². The molecule has 4 nitrogen and oxygen atoms in total. The standard InChI is InChI=1S/C10H20N2O2/c1-8(11)10(13)12-5-3-9(4-6-12)7-14-2/h8-9H,3-7,11H2,1-2H3. The van der Waals surface area contributed by atoms with E-state index in [9.17, 15) is 4.79 Å². The molecule has 0 aromatic carbocycles. The Morgan fingerprint density at radius 3 is 2.57 bits per heavy atom. The number of carbonyl (C=O) groups is 1. The lowest BCUT2D eigenvalue weighted by Gasteiger charge is -2.32. The number of nitrogens with zero attached hydrogens (tertiary/aromatic N) is 1. The van der Waals surface area contributed by atoms with Gasteiger partial charge in [-0.15, -0.1) is 0 Å². The summed E-state index contributed by atoms with van der Waals surface area (Å²) in [4.78, 5) is 13.4. The van der Waals surface area contributed by atoms with Crippen molar-refractivity contribution >= 4 is 5.91 Å². The van der Waals surface area contributed by atoms with Crippen molar-refractivity contribution in [3.8, 4) is 0 Å². The van der Waals surface area contributed by atoms with Crippen molar-refractivity contribution < 1.29 is 9.53 Å². The normalized spacial score (nSPS) is 20.9. The van der Waals surface area contributed by atoms with Gasteiger partial charge >= 0.3 is 0 Å². The lowest BCUT2D eigenvalue weighted by atomic mass is 9.97. The number of methoxy groups -OCH3 is 1. The maximum absolute atomic E-state index is 11.5. The quantitative estimate of drug-likeness (QED) is 0.709. The summed E-state index contributed by atoms with van der Waals surface area (Å²) in [6.45, 7) is 4.20. The van der Waals surface area contributed by atoms with Crippen LogP contribution in [0, 0.1) is 5.92 Å². The van der Waals surface area contributed by atoms with Crippen LogP contribution in [0.4, 0.5) is 0 Å². The minimum Gasteiger partial charge on any atom is -0.384 e. The maximum Gasteiger partial charge on any atom is 0.239 e. The molecule has 1 unspecified atom stereocenters. The molecule has 1 fully saturated rings. The van der Waals surface area contributed by atoms with Crippen LogP contribution >= 0.6 is 0 Å². The van der Waals surface area contributed by atoms with E-state index in [4.69, 9.17) is 10.5 Å². The highest BCUT2D eigenvalue weighted by atomic mass is 16.5. The Hall–Kier alpha value is -0.610. The monoisotopic (exact) mass is 200 g/mol. The molecule has 0 aliphatic carbocycles. The molecule has 82 valence electrons. The van der Waals surface area contributed by atoms with Gasteiger partial charge in [-0.1, -0.05) is 0 Å². The van der Waals surface area contributed by atoms with Gasteiger partial charge in [0.05, 0.1) is 6.04 Å². The Labute approximate surface area is 85.4 Å². The third kappa shape index (κ3) is 2.96. The molecule has 0 aromatic rings. The smallest absolute Gasteiger partial charge is 0.239 e. The molecule has 14 heavy (non-hydrogen) atoms. The number of amides is 1. The highest BCUT2D eigenvalue weighted by molar-refractivity contribution is 5.81. The number of piperidine rings is 1. The van der Waals surface area contributed by atoms with Crippen LogP contribution in [-0.2, 0) is 9.53 Å². The highest BCUT2D eigenvalue weighted by Gasteiger charge is 2.24. The van der Waals surface area contributed by atoms with Gasteiger partial charge in [0, 0.05) is 26.8 Å². The fourth-order valence-electron chi connectivity index (χ4n) is 1.84. The Bertz CT molecular complexity index is 187. The second-order valence-electron chi connectivity index (χ2n) is 4.01. The molecule has 1 aliphatic heterocycles. The lowest BCUT2D eigenvalue weighted by molar-refractivity contribution is -0.133. The third-order valence-corrected chi connectivity index (χ3v) is 2.72. The minimum absolute atomic E-state index is 0.0702. The first kappa shape index (κ1) is 11.5. The van der Waals surface area contributed by atoms with Gasteiger partial charge in [-0.3, -0.25) is 4.79 Å². The van der Waals surface area contributed by atoms with Gasteiger partial charge in [-0.05, 0) is 25.7 Å². The summed E-state index contributed by atoms with van der Waals surface area (Å²) >= 11 is 0. The van der Waals surface area contributed by atoms with Crippen LogP contribution in [0.1, 0.15) is 19.8 Å². The van der Waals surface area contributed by atoms with Crippen molar-refractivity contribution in [2.45, 2.75) is 25.8 Å². The molecular formula is C10H20N2O2. The summed E-state index contributed by atoms with van der Waals surface area (Å²) in [6, 6.07) is -0.367. The van der Waals surface area contributed by atoms with Crippen molar-refractivity contribution in [2.75, 3.05) is 26.8 Å². The molecule has 0 radical (unpaired) electrons. The van der Waals surface area contributed by atoms with E-state index in [1.54, 1.807) is 14.0 Å². The summed E-state index contributed by atoms with van der Waals surface area (Å²) in [5, 5.41) is 0. The number of ether oxygens (including phenoxy) is 1. The van der Waals surface area contributed by atoms with Crippen molar-refractivity contribution in [3.05, 3.63) is 0 Å². The van der Waals surface area contributed by atoms with E-state index >= 15 is 0 Å². The van der Waals surface area contributed by atoms with E-state index in [1.165, 1.54) is 0 Å². The molecule has 4 heteroatoms. The Morgan fingerprint density at radius 2 is 2.14 bits per heavy atom. The molecule has 1 rings (SSSR count). The van der Waals surface area contributed by atoms with Crippen molar-refractivity contribution in [2.24, 2.45) is 11.7 Å². The van der Waals surface area contributed by atoms with Gasteiger partial charge in [0.15, 0.2) is 0 Å². The predicted octanol–water partition coefficient (Wildman–Crippen LogP) is 0.219. The van der Waals surface area contributed by atoms with Crippen LogP contribution in [-0.4, -0.2) is 43.7 Å². The molecule has 0 bridgehead atoms. The second-order valence-corrected chi connectivity index (χ2v) is 4.01. The van der Waals surface area contributed by atoms with Gasteiger partial charge in [-0.25, -0.2) is 0 Å². The summed E-state index contributed by atoms with van der Waals surface area (Å²) in [6.07, 6.45) is 2.07. The molecule has 1 amide bonds. The van der Waals surface area contributed by atoms with Crippen LogP contribution < -0.4 is 5.73 Å². The molecule has 0 aromatic heterocycles. The Balaban J connectivity index is 2.32. The molecule has 1 saturated heterocycles. The molecular weight excluding hydrogens is 180 g/mol. The SMILES string of the molecule is COCC1CCN(C(=O)C(C)N)CC1. The number of likely N-dealkylation sites (tertiary alicyclic amines) is 1. The molecule has 2 N–H and O–H groups in total. The zero-order valence-electron chi connectivity index (χ0n) is 9.03. The van der Waals surface area contributed by atoms with Crippen molar-refractivity contribution in [1.29, 1.82) is 0 Å². The van der Waals surface area contributed by atoms with E-state index in [1.807, 2.05) is 4.90 Å². The molecule has 0 saturated carbocycles. The number of hydrogen-bond donors (Lipinski definition) is 1. The molecule has 1 heterocycles.